The molecule has 0 atom stereocenters. The quantitative estimate of drug-likeness (QED) is 0.171. The van der Waals surface area contributed by atoms with E-state index in [1.807, 2.05) is 67.6 Å². The van der Waals surface area contributed by atoms with Gasteiger partial charge >= 0.3 is 0 Å². The first kappa shape index (κ1) is 24.1. The molecule has 0 amide bonds. The van der Waals surface area contributed by atoms with Gasteiger partial charge in [-0.2, -0.15) is 0 Å². The fourth-order valence-electron chi connectivity index (χ4n) is 3.66. The summed E-state index contributed by atoms with van der Waals surface area (Å²) in [6, 6.07) is 28.8. The summed E-state index contributed by atoms with van der Waals surface area (Å²) < 4.78 is 6.00. The fraction of sp³-hybridized carbons (Fsp3) is 0.0345. The molecule has 0 fully saturated rings. The van der Waals surface area contributed by atoms with Gasteiger partial charge in [-0.05, 0) is 29.3 Å². The number of nitrogens with zero attached hydrogens (tertiary/aromatic N) is 3. The molecular weight excluding hydrogens is 615 g/mol. The Kier molecular flexibility index (Phi) is 7.56. The van der Waals surface area contributed by atoms with E-state index in [1.54, 1.807) is 36.9 Å². The van der Waals surface area contributed by atoms with E-state index in [4.69, 9.17) is 4.42 Å². The Hall–Kier alpha value is -3.99. The number of aryl methyl sites for hydroxylation is 1. The third kappa shape index (κ3) is 5.24. The fourth-order valence-corrected chi connectivity index (χ4v) is 3.66. The first-order chi connectivity index (χ1) is 16.7. The third-order valence-corrected chi connectivity index (χ3v) is 5.21. The zero-order valence-corrected chi connectivity index (χ0v) is 21.1. The van der Waals surface area contributed by atoms with Gasteiger partial charge in [-0.15, -0.1) is 53.6 Å². The molecule has 6 aromatic rings. The predicted octanol–water partition coefficient (Wildman–Crippen LogP) is 6.06. The predicted molar refractivity (Wildman–Crippen MR) is 133 cm³/mol. The van der Waals surface area contributed by atoms with Crippen LogP contribution in [0, 0.1) is 19.1 Å². The van der Waals surface area contributed by atoms with Crippen molar-refractivity contribution in [2.75, 3.05) is 0 Å². The molecule has 0 aliphatic rings. The van der Waals surface area contributed by atoms with Crippen molar-refractivity contribution < 1.29 is 24.5 Å². The maximum Gasteiger partial charge on any atom is 0.182 e. The molecule has 0 unspecified atom stereocenters. The average molecular weight is 634 g/mol. The van der Waals surface area contributed by atoms with E-state index in [-0.39, 0.29) is 25.5 Å². The molecule has 0 spiro atoms. The van der Waals surface area contributed by atoms with Crippen LogP contribution in [0.2, 0.25) is 0 Å². The van der Waals surface area contributed by atoms with Crippen molar-refractivity contribution in [3.63, 3.8) is 0 Å². The molecule has 0 saturated heterocycles. The number of aromatic nitrogens is 3. The number of para-hydroxylation sites is 1. The Labute approximate surface area is 215 Å². The van der Waals surface area contributed by atoms with Crippen LogP contribution in [0.15, 0.2) is 107 Å². The van der Waals surface area contributed by atoms with E-state index in [0.717, 1.165) is 28.1 Å². The number of hydrogen-bond donors (Lipinski definition) is 0. The van der Waals surface area contributed by atoms with Gasteiger partial charge in [0.1, 0.15) is 5.58 Å². The first-order valence-corrected chi connectivity index (χ1v) is 10.7. The van der Waals surface area contributed by atoms with E-state index in [9.17, 15) is 4.79 Å². The summed E-state index contributed by atoms with van der Waals surface area (Å²) in [7, 11) is 0. The van der Waals surface area contributed by atoms with Gasteiger partial charge < -0.3 is 14.4 Å². The molecule has 0 aliphatic carbocycles. The molecule has 6 heteroatoms. The van der Waals surface area contributed by atoms with Gasteiger partial charge in [0, 0.05) is 50.6 Å². The van der Waals surface area contributed by atoms with Gasteiger partial charge in [0.2, 0.25) is 0 Å². The van der Waals surface area contributed by atoms with Gasteiger partial charge in [-0.1, -0.05) is 36.8 Å². The molecule has 0 aliphatic heterocycles. The summed E-state index contributed by atoms with van der Waals surface area (Å²) >= 11 is 0. The Morgan fingerprint density at radius 2 is 1.63 bits per heavy atom. The third-order valence-electron chi connectivity index (χ3n) is 5.21. The van der Waals surface area contributed by atoms with Crippen LogP contribution in [0.3, 0.4) is 0 Å². The summed E-state index contributed by atoms with van der Waals surface area (Å²) in [5.41, 5.74) is 5.28. The van der Waals surface area contributed by atoms with E-state index in [2.05, 4.69) is 27.1 Å². The summed E-state index contributed by atoms with van der Waals surface area (Å²) in [5, 5.41) is 1.16. The van der Waals surface area contributed by atoms with Crippen LogP contribution in [0.1, 0.15) is 5.56 Å². The summed E-state index contributed by atoms with van der Waals surface area (Å²) in [6.07, 6.45) is 6.78. The van der Waals surface area contributed by atoms with E-state index >= 15 is 0 Å². The molecule has 3 aromatic carbocycles. The minimum absolute atomic E-state index is 0. The summed E-state index contributed by atoms with van der Waals surface area (Å²) in [4.78, 5) is 25.2. The largest absolute Gasteiger partial charge is 0.500 e. The SMILES string of the molecule is Cc1[c-]c(-c2ccccn2)c2oc3ccccc3c(=O)c2c1.[Ir].[c-]1ccccc1-c1cnccn1. The van der Waals surface area contributed by atoms with Gasteiger partial charge in [-0.25, -0.2) is 0 Å². The van der Waals surface area contributed by atoms with Crippen LogP contribution in [0.25, 0.3) is 44.5 Å². The minimum Gasteiger partial charge on any atom is -0.500 e. The number of rotatable bonds is 2. The van der Waals surface area contributed by atoms with Crippen molar-refractivity contribution >= 4 is 21.9 Å². The maximum absolute atomic E-state index is 12.7. The van der Waals surface area contributed by atoms with Gasteiger partial charge in [0.15, 0.2) is 5.43 Å². The second-order valence-electron chi connectivity index (χ2n) is 7.58. The van der Waals surface area contributed by atoms with Crippen LogP contribution in [-0.4, -0.2) is 15.0 Å². The number of benzene rings is 3. The molecule has 0 saturated carbocycles. The topological polar surface area (TPSA) is 68.9 Å². The van der Waals surface area contributed by atoms with Crippen LogP contribution in [0.4, 0.5) is 0 Å². The average Bonchev–Trinajstić information content (AvgIpc) is 2.91. The van der Waals surface area contributed by atoms with Gasteiger partial charge in [-0.3, -0.25) is 9.78 Å². The monoisotopic (exact) mass is 634 g/mol. The molecule has 173 valence electrons. The molecule has 35 heavy (non-hydrogen) atoms. The Bertz CT molecular complexity index is 1580. The smallest absolute Gasteiger partial charge is 0.182 e. The number of pyridine rings is 1. The second-order valence-corrected chi connectivity index (χ2v) is 7.58. The molecule has 0 bridgehead atoms. The summed E-state index contributed by atoms with van der Waals surface area (Å²) in [5.74, 6) is 0. The molecule has 1 radical (unpaired) electrons. The van der Waals surface area contributed by atoms with Gasteiger partial charge in [0.05, 0.1) is 11.0 Å². The van der Waals surface area contributed by atoms with E-state index < -0.39 is 0 Å². The molecular formula is C29H19IrN3O2-2. The molecule has 5 nitrogen and oxygen atoms in total. The number of hydrogen-bond acceptors (Lipinski definition) is 5. The van der Waals surface area contributed by atoms with Crippen molar-refractivity contribution in [3.8, 4) is 22.5 Å². The van der Waals surface area contributed by atoms with Crippen molar-refractivity contribution in [3.05, 3.63) is 126 Å². The van der Waals surface area contributed by atoms with Crippen LogP contribution in [-0.2, 0) is 20.1 Å². The van der Waals surface area contributed by atoms with E-state index in [0.29, 0.717) is 21.9 Å². The van der Waals surface area contributed by atoms with E-state index in [1.165, 1.54) is 0 Å². The molecule has 0 N–H and O–H groups in total. The summed E-state index contributed by atoms with van der Waals surface area (Å²) in [6.45, 7) is 1.92. The Morgan fingerprint density at radius 3 is 2.37 bits per heavy atom. The number of fused-ring (bicyclic) bond motifs is 2. The standard InChI is InChI=1S/C19H12NO2.C10H7N2.Ir/c1-12-10-14(16-7-4-5-9-20-16)19-15(11-12)18(21)13-6-2-3-8-17(13)22-19;1-2-4-9(5-3-1)10-8-11-6-7-12-10;/h2-9,11H,1H3;1-4,6-8H;/q2*-1;. The molecule has 3 heterocycles. The Balaban J connectivity index is 0.000000189. The first-order valence-electron chi connectivity index (χ1n) is 10.7. The van der Waals surface area contributed by atoms with Crippen LogP contribution in [0.5, 0.6) is 0 Å². The van der Waals surface area contributed by atoms with Crippen LogP contribution < -0.4 is 5.43 Å². The second kappa shape index (κ2) is 11.0. The zero-order valence-electron chi connectivity index (χ0n) is 18.7. The Morgan fingerprint density at radius 1 is 0.829 bits per heavy atom. The van der Waals surface area contributed by atoms with Crippen molar-refractivity contribution in [2.45, 2.75) is 6.92 Å². The zero-order chi connectivity index (χ0) is 23.3. The normalized spacial score (nSPS) is 10.3. The van der Waals surface area contributed by atoms with Crippen LogP contribution >= 0.6 is 0 Å². The van der Waals surface area contributed by atoms with Crippen molar-refractivity contribution in [2.24, 2.45) is 0 Å². The van der Waals surface area contributed by atoms with Gasteiger partial charge in [0.25, 0.3) is 0 Å². The van der Waals surface area contributed by atoms with Crippen molar-refractivity contribution in [1.82, 2.24) is 15.0 Å². The minimum atomic E-state index is -0.0221. The molecule has 6 rings (SSSR count). The van der Waals surface area contributed by atoms with Crippen molar-refractivity contribution in [1.29, 1.82) is 0 Å². The maximum atomic E-state index is 12.7. The molecule has 3 aromatic heterocycles.